The zero-order chi connectivity index (χ0) is 13.7. The first-order valence-electron chi connectivity index (χ1n) is 7.04. The van der Waals surface area contributed by atoms with Crippen LogP contribution in [0.15, 0.2) is 12.4 Å². The summed E-state index contributed by atoms with van der Waals surface area (Å²) in [5.74, 6) is 1.28. The molecule has 2 heterocycles. The molecule has 106 valence electrons. The third-order valence-corrected chi connectivity index (χ3v) is 3.74. The van der Waals surface area contributed by atoms with E-state index in [-0.39, 0.29) is 11.9 Å². The Labute approximate surface area is 114 Å². The molecule has 1 saturated heterocycles. The average molecular weight is 265 g/mol. The van der Waals surface area contributed by atoms with Gasteiger partial charge in [-0.05, 0) is 12.8 Å². The largest absolute Gasteiger partial charge is 0.383 e. The molecule has 1 aromatic heterocycles. The first kappa shape index (κ1) is 14.1. The maximum atomic E-state index is 12.3. The van der Waals surface area contributed by atoms with Gasteiger partial charge in [-0.2, -0.15) is 0 Å². The van der Waals surface area contributed by atoms with E-state index in [0.717, 1.165) is 38.2 Å². The van der Waals surface area contributed by atoms with Crippen molar-refractivity contribution in [2.24, 2.45) is 0 Å². The molecule has 0 aromatic carbocycles. The molecule has 5 nitrogen and oxygen atoms in total. The van der Waals surface area contributed by atoms with E-state index in [1.54, 1.807) is 13.3 Å². The van der Waals surface area contributed by atoms with Gasteiger partial charge in [0.25, 0.3) is 0 Å². The molecule has 0 saturated carbocycles. The number of carbonyl (C=O) groups excluding carboxylic acids is 1. The Morgan fingerprint density at radius 1 is 1.58 bits per heavy atom. The molecule has 1 aromatic rings. The van der Waals surface area contributed by atoms with Crippen molar-refractivity contribution in [2.45, 2.75) is 45.2 Å². The molecule has 1 fully saturated rings. The van der Waals surface area contributed by atoms with Gasteiger partial charge in [0.05, 0.1) is 12.6 Å². The van der Waals surface area contributed by atoms with E-state index in [9.17, 15) is 4.79 Å². The maximum absolute atomic E-state index is 12.3. The van der Waals surface area contributed by atoms with E-state index in [2.05, 4.69) is 16.5 Å². The Morgan fingerprint density at radius 2 is 2.42 bits per heavy atom. The van der Waals surface area contributed by atoms with Crippen molar-refractivity contribution in [3.05, 3.63) is 18.2 Å². The van der Waals surface area contributed by atoms with Gasteiger partial charge in [0.2, 0.25) is 5.91 Å². The van der Waals surface area contributed by atoms with Crippen molar-refractivity contribution in [2.75, 3.05) is 20.3 Å². The quantitative estimate of drug-likeness (QED) is 0.782. The van der Waals surface area contributed by atoms with Gasteiger partial charge in [-0.15, -0.1) is 0 Å². The van der Waals surface area contributed by atoms with Crippen molar-refractivity contribution < 1.29 is 9.53 Å². The third kappa shape index (κ3) is 3.35. The second-order valence-corrected chi connectivity index (χ2v) is 4.98. The second kappa shape index (κ2) is 6.70. The smallest absolute Gasteiger partial charge is 0.224 e. The fourth-order valence-electron chi connectivity index (χ4n) is 2.75. The van der Waals surface area contributed by atoms with Gasteiger partial charge in [-0.25, -0.2) is 4.98 Å². The molecule has 0 aliphatic carbocycles. The number of nitrogens with zero attached hydrogens (tertiary/aromatic N) is 3. The van der Waals surface area contributed by atoms with Crippen LogP contribution in [0, 0.1) is 0 Å². The highest BCUT2D eigenvalue weighted by molar-refractivity contribution is 5.76. The normalized spacial score (nSPS) is 19.1. The van der Waals surface area contributed by atoms with Crippen LogP contribution >= 0.6 is 0 Å². The fourth-order valence-corrected chi connectivity index (χ4v) is 2.75. The number of likely N-dealkylation sites (tertiary alicyclic amines) is 1. The molecule has 5 heteroatoms. The number of ether oxygens (including phenoxy) is 1. The van der Waals surface area contributed by atoms with E-state index < -0.39 is 0 Å². The van der Waals surface area contributed by atoms with E-state index in [4.69, 9.17) is 4.74 Å². The highest BCUT2D eigenvalue weighted by atomic mass is 16.5. The number of imidazole rings is 1. The summed E-state index contributed by atoms with van der Waals surface area (Å²) < 4.78 is 7.25. The van der Waals surface area contributed by atoms with Gasteiger partial charge in [0.1, 0.15) is 5.82 Å². The van der Waals surface area contributed by atoms with Crippen molar-refractivity contribution in [1.29, 1.82) is 0 Å². The number of rotatable bonds is 6. The summed E-state index contributed by atoms with van der Waals surface area (Å²) in [5.41, 5.74) is 0. The van der Waals surface area contributed by atoms with E-state index >= 15 is 0 Å². The lowest BCUT2D eigenvalue weighted by Crippen LogP contribution is -2.38. The summed E-state index contributed by atoms with van der Waals surface area (Å²) in [4.78, 5) is 18.5. The Bertz CT molecular complexity index is 417. The third-order valence-electron chi connectivity index (χ3n) is 3.74. The van der Waals surface area contributed by atoms with E-state index in [1.165, 1.54) is 0 Å². The highest BCUT2D eigenvalue weighted by Gasteiger charge is 2.28. The van der Waals surface area contributed by atoms with Crippen molar-refractivity contribution in [3.8, 4) is 0 Å². The standard InChI is InChI=1S/C14H23N3O2/c1-3-13-15-7-10-16(13)9-6-14(18)17-8-4-5-12(17)11-19-2/h7,10,12H,3-6,8-9,11H2,1-2H3/t12-/m0/s1. The van der Waals surface area contributed by atoms with Gasteiger partial charge in [-0.3, -0.25) is 4.79 Å². The summed E-state index contributed by atoms with van der Waals surface area (Å²) >= 11 is 0. The Kier molecular flexibility index (Phi) is 4.96. The number of hydrogen-bond acceptors (Lipinski definition) is 3. The summed E-state index contributed by atoms with van der Waals surface area (Å²) in [7, 11) is 1.69. The topological polar surface area (TPSA) is 47.4 Å². The number of amides is 1. The SMILES string of the molecule is CCc1nccn1CCC(=O)N1CCC[C@H]1COC. The Morgan fingerprint density at radius 3 is 3.16 bits per heavy atom. The number of aromatic nitrogens is 2. The van der Waals surface area contributed by atoms with E-state index in [0.29, 0.717) is 13.0 Å². The summed E-state index contributed by atoms with van der Waals surface area (Å²) in [6.07, 6.45) is 7.34. The first-order chi connectivity index (χ1) is 9.26. The highest BCUT2D eigenvalue weighted by Crippen LogP contribution is 2.18. The number of hydrogen-bond donors (Lipinski definition) is 0. The second-order valence-electron chi connectivity index (χ2n) is 4.98. The van der Waals surface area contributed by atoms with Gasteiger partial charge in [0.15, 0.2) is 0 Å². The number of methoxy groups -OCH3 is 1. The minimum Gasteiger partial charge on any atom is -0.383 e. The molecular formula is C14H23N3O2. The Balaban J connectivity index is 1.87. The minimum atomic E-state index is 0.232. The molecule has 19 heavy (non-hydrogen) atoms. The van der Waals surface area contributed by atoms with Crippen LogP contribution in [0.25, 0.3) is 0 Å². The van der Waals surface area contributed by atoms with Crippen molar-refractivity contribution in [3.63, 3.8) is 0 Å². The molecule has 1 amide bonds. The predicted molar refractivity (Wildman–Crippen MR) is 72.8 cm³/mol. The van der Waals surface area contributed by atoms with Crippen LogP contribution in [0.5, 0.6) is 0 Å². The lowest BCUT2D eigenvalue weighted by Gasteiger charge is -2.24. The molecule has 1 atom stereocenters. The summed E-state index contributed by atoms with van der Waals surface area (Å²) in [5, 5.41) is 0. The predicted octanol–water partition coefficient (Wildman–Crippen LogP) is 1.47. The van der Waals surface area contributed by atoms with Gasteiger partial charge in [-0.1, -0.05) is 6.92 Å². The summed E-state index contributed by atoms with van der Waals surface area (Å²) in [6.45, 7) is 4.32. The molecule has 0 bridgehead atoms. The fraction of sp³-hybridized carbons (Fsp3) is 0.714. The average Bonchev–Trinajstić information content (AvgIpc) is 3.04. The van der Waals surface area contributed by atoms with Crippen LogP contribution in [0.4, 0.5) is 0 Å². The molecule has 1 aliphatic rings. The van der Waals surface area contributed by atoms with Crippen LogP contribution in [0.2, 0.25) is 0 Å². The Hall–Kier alpha value is -1.36. The van der Waals surface area contributed by atoms with Crippen molar-refractivity contribution >= 4 is 5.91 Å². The van der Waals surface area contributed by atoms with Gasteiger partial charge in [0, 0.05) is 45.4 Å². The molecule has 2 rings (SSSR count). The van der Waals surface area contributed by atoms with Gasteiger partial charge < -0.3 is 14.2 Å². The first-order valence-corrected chi connectivity index (χ1v) is 7.04. The molecule has 0 radical (unpaired) electrons. The zero-order valence-corrected chi connectivity index (χ0v) is 11.8. The zero-order valence-electron chi connectivity index (χ0n) is 11.8. The number of aryl methyl sites for hydroxylation is 2. The van der Waals surface area contributed by atoms with Crippen LogP contribution in [0.1, 0.15) is 32.0 Å². The van der Waals surface area contributed by atoms with Gasteiger partial charge >= 0.3 is 0 Å². The lowest BCUT2D eigenvalue weighted by atomic mass is 10.2. The van der Waals surface area contributed by atoms with E-state index in [1.807, 2.05) is 11.1 Å². The minimum absolute atomic E-state index is 0.232. The van der Waals surface area contributed by atoms with Crippen LogP contribution in [-0.2, 0) is 22.5 Å². The molecule has 0 unspecified atom stereocenters. The molecule has 0 N–H and O–H groups in total. The monoisotopic (exact) mass is 265 g/mol. The maximum Gasteiger partial charge on any atom is 0.224 e. The molecule has 1 aliphatic heterocycles. The van der Waals surface area contributed by atoms with Crippen LogP contribution in [0.3, 0.4) is 0 Å². The molecule has 0 spiro atoms. The lowest BCUT2D eigenvalue weighted by molar-refractivity contribution is -0.133. The van der Waals surface area contributed by atoms with Crippen LogP contribution < -0.4 is 0 Å². The van der Waals surface area contributed by atoms with Crippen LogP contribution in [-0.4, -0.2) is 46.7 Å². The summed E-state index contributed by atoms with van der Waals surface area (Å²) in [6, 6.07) is 0.269. The van der Waals surface area contributed by atoms with Crippen molar-refractivity contribution in [1.82, 2.24) is 14.5 Å². The number of carbonyl (C=O) groups is 1. The molecular weight excluding hydrogens is 242 g/mol.